The molecule has 1 amide bonds. The van der Waals surface area contributed by atoms with Gasteiger partial charge in [0.15, 0.2) is 4.67 Å². The highest BCUT2D eigenvalue weighted by atomic mass is 79.9. The molecule has 0 saturated carbocycles. The third kappa shape index (κ3) is 4.60. The van der Waals surface area contributed by atoms with Gasteiger partial charge in [-0.25, -0.2) is 0 Å². The molecule has 7 nitrogen and oxygen atoms in total. The number of amides is 1. The SMILES string of the molecule is COC(=O)Cn1cc(NC(=O)/C=C/c2ccc(Br)o2)cn1. The Bertz CT molecular complexity index is 675. The van der Waals surface area contributed by atoms with Gasteiger partial charge in [-0.1, -0.05) is 0 Å². The van der Waals surface area contributed by atoms with E-state index in [1.54, 1.807) is 18.2 Å². The van der Waals surface area contributed by atoms with Crippen molar-refractivity contribution in [1.29, 1.82) is 0 Å². The first kappa shape index (κ1) is 15.0. The number of nitrogens with one attached hydrogen (secondary N) is 1. The fourth-order valence-corrected chi connectivity index (χ4v) is 1.79. The molecule has 0 aliphatic carbocycles. The number of anilines is 1. The van der Waals surface area contributed by atoms with Crippen molar-refractivity contribution >= 4 is 39.6 Å². The molecule has 2 heterocycles. The highest BCUT2D eigenvalue weighted by Crippen LogP contribution is 2.15. The zero-order valence-electron chi connectivity index (χ0n) is 11.1. The van der Waals surface area contributed by atoms with E-state index in [9.17, 15) is 9.59 Å². The van der Waals surface area contributed by atoms with E-state index in [-0.39, 0.29) is 12.5 Å². The summed E-state index contributed by atoms with van der Waals surface area (Å²) in [5.74, 6) is -0.196. The number of carbonyl (C=O) groups is 2. The summed E-state index contributed by atoms with van der Waals surface area (Å²) in [5, 5.41) is 6.55. The summed E-state index contributed by atoms with van der Waals surface area (Å²) in [5.41, 5.74) is 0.481. The maximum absolute atomic E-state index is 11.7. The molecule has 8 heteroatoms. The molecule has 0 unspecified atom stereocenters. The molecule has 1 N–H and O–H groups in total. The number of carbonyl (C=O) groups excluding carboxylic acids is 2. The molecule has 0 aliphatic rings. The van der Waals surface area contributed by atoms with Crippen LogP contribution in [0.2, 0.25) is 0 Å². The number of halogens is 1. The van der Waals surface area contributed by atoms with E-state index in [1.807, 2.05) is 0 Å². The minimum absolute atomic E-state index is 0.0113. The fourth-order valence-electron chi connectivity index (χ4n) is 1.47. The van der Waals surface area contributed by atoms with Gasteiger partial charge < -0.3 is 14.5 Å². The van der Waals surface area contributed by atoms with Crippen molar-refractivity contribution in [3.8, 4) is 0 Å². The summed E-state index contributed by atoms with van der Waals surface area (Å²) in [7, 11) is 1.30. The molecular weight excluding hydrogens is 342 g/mol. The second kappa shape index (κ2) is 6.89. The Morgan fingerprint density at radius 3 is 3.00 bits per heavy atom. The summed E-state index contributed by atoms with van der Waals surface area (Å²) in [4.78, 5) is 22.8. The lowest BCUT2D eigenvalue weighted by Crippen LogP contribution is -2.11. The van der Waals surface area contributed by atoms with Crippen LogP contribution in [-0.4, -0.2) is 28.8 Å². The van der Waals surface area contributed by atoms with Crippen LogP contribution in [0.5, 0.6) is 0 Å². The number of ether oxygens (including phenoxy) is 1. The molecule has 110 valence electrons. The van der Waals surface area contributed by atoms with Crippen molar-refractivity contribution in [1.82, 2.24) is 9.78 Å². The standard InChI is InChI=1S/C13H12BrN3O4/c1-20-13(19)8-17-7-9(6-15-17)16-12(18)5-3-10-2-4-11(14)21-10/h2-7H,8H2,1H3,(H,16,18)/b5-3+. The monoisotopic (exact) mass is 353 g/mol. The van der Waals surface area contributed by atoms with Crippen LogP contribution >= 0.6 is 15.9 Å². The summed E-state index contributed by atoms with van der Waals surface area (Å²) >= 11 is 3.17. The van der Waals surface area contributed by atoms with Crippen LogP contribution in [0.4, 0.5) is 5.69 Å². The van der Waals surface area contributed by atoms with Gasteiger partial charge in [-0.2, -0.15) is 5.10 Å². The number of rotatable bonds is 5. The number of hydrogen-bond acceptors (Lipinski definition) is 5. The van der Waals surface area contributed by atoms with Crippen LogP contribution in [0.25, 0.3) is 6.08 Å². The summed E-state index contributed by atoms with van der Waals surface area (Å²) in [6.45, 7) is -0.0113. The third-order valence-corrected chi connectivity index (χ3v) is 2.84. The minimum Gasteiger partial charge on any atom is -0.468 e. The summed E-state index contributed by atoms with van der Waals surface area (Å²) in [6.07, 6.45) is 5.85. The second-order valence-corrected chi connectivity index (χ2v) is 4.75. The van der Waals surface area contributed by atoms with E-state index in [0.29, 0.717) is 16.1 Å². The molecular formula is C13H12BrN3O4. The van der Waals surface area contributed by atoms with Crippen LogP contribution in [0.15, 0.2) is 39.7 Å². The van der Waals surface area contributed by atoms with E-state index < -0.39 is 5.97 Å². The number of aromatic nitrogens is 2. The Hall–Kier alpha value is -2.35. The maximum Gasteiger partial charge on any atom is 0.327 e. The summed E-state index contributed by atoms with van der Waals surface area (Å²) in [6, 6.07) is 3.46. The van der Waals surface area contributed by atoms with Crippen LogP contribution in [-0.2, 0) is 20.9 Å². The zero-order chi connectivity index (χ0) is 15.2. The smallest absolute Gasteiger partial charge is 0.327 e. The highest BCUT2D eigenvalue weighted by Gasteiger charge is 2.05. The predicted molar refractivity (Wildman–Crippen MR) is 78.3 cm³/mol. The molecule has 0 radical (unpaired) electrons. The molecule has 0 spiro atoms. The molecule has 2 aromatic rings. The molecule has 0 atom stereocenters. The lowest BCUT2D eigenvalue weighted by molar-refractivity contribution is -0.141. The quantitative estimate of drug-likeness (QED) is 0.656. The Kier molecular flexibility index (Phi) is 4.94. The van der Waals surface area contributed by atoms with Crippen LogP contribution in [0.3, 0.4) is 0 Å². The van der Waals surface area contributed by atoms with E-state index in [0.717, 1.165) is 0 Å². The molecule has 0 aliphatic heterocycles. The topological polar surface area (TPSA) is 86.4 Å². The molecule has 21 heavy (non-hydrogen) atoms. The van der Waals surface area contributed by atoms with Gasteiger partial charge in [0, 0.05) is 12.3 Å². The van der Waals surface area contributed by atoms with Gasteiger partial charge in [-0.05, 0) is 34.1 Å². The van der Waals surface area contributed by atoms with Gasteiger partial charge in [-0.3, -0.25) is 14.3 Å². The Labute approximate surface area is 128 Å². The average Bonchev–Trinajstić information content (AvgIpc) is 3.05. The number of hydrogen-bond donors (Lipinski definition) is 1. The van der Waals surface area contributed by atoms with Crippen molar-refractivity contribution < 1.29 is 18.7 Å². The molecule has 0 bridgehead atoms. The summed E-state index contributed by atoms with van der Waals surface area (Å²) < 4.78 is 11.7. The lowest BCUT2D eigenvalue weighted by Gasteiger charge is -1.98. The van der Waals surface area contributed by atoms with E-state index in [4.69, 9.17) is 4.42 Å². The van der Waals surface area contributed by atoms with Crippen LogP contribution < -0.4 is 5.32 Å². The Morgan fingerprint density at radius 2 is 2.33 bits per heavy atom. The highest BCUT2D eigenvalue weighted by molar-refractivity contribution is 9.10. The van der Waals surface area contributed by atoms with Crippen LogP contribution in [0.1, 0.15) is 5.76 Å². The zero-order valence-corrected chi connectivity index (χ0v) is 12.7. The number of esters is 1. The lowest BCUT2D eigenvalue weighted by atomic mass is 10.4. The molecule has 0 aromatic carbocycles. The number of methoxy groups -OCH3 is 1. The van der Waals surface area contributed by atoms with Crippen molar-refractivity contribution in [3.63, 3.8) is 0 Å². The number of nitrogens with zero attached hydrogens (tertiary/aromatic N) is 2. The Morgan fingerprint density at radius 1 is 1.52 bits per heavy atom. The van der Waals surface area contributed by atoms with Gasteiger partial charge in [-0.15, -0.1) is 0 Å². The molecule has 2 rings (SSSR count). The first-order valence-corrected chi connectivity index (χ1v) is 6.70. The van der Waals surface area contributed by atoms with Crippen molar-refractivity contribution in [3.05, 3.63) is 41.0 Å². The van der Waals surface area contributed by atoms with Crippen molar-refractivity contribution in [2.24, 2.45) is 0 Å². The van der Waals surface area contributed by atoms with Crippen LogP contribution in [0, 0.1) is 0 Å². The van der Waals surface area contributed by atoms with Gasteiger partial charge in [0.25, 0.3) is 0 Å². The van der Waals surface area contributed by atoms with E-state index in [1.165, 1.54) is 30.3 Å². The molecule has 2 aromatic heterocycles. The van der Waals surface area contributed by atoms with Gasteiger partial charge in [0.1, 0.15) is 12.3 Å². The van der Waals surface area contributed by atoms with E-state index >= 15 is 0 Å². The average molecular weight is 354 g/mol. The minimum atomic E-state index is -0.417. The van der Waals surface area contributed by atoms with Crippen molar-refractivity contribution in [2.45, 2.75) is 6.54 Å². The maximum atomic E-state index is 11.7. The van der Waals surface area contributed by atoms with Gasteiger partial charge in [0.2, 0.25) is 5.91 Å². The van der Waals surface area contributed by atoms with E-state index in [2.05, 4.69) is 31.1 Å². The largest absolute Gasteiger partial charge is 0.468 e. The van der Waals surface area contributed by atoms with Gasteiger partial charge in [0.05, 0.1) is 19.0 Å². The fraction of sp³-hybridized carbons (Fsp3) is 0.154. The Balaban J connectivity index is 1.90. The molecule has 0 fully saturated rings. The van der Waals surface area contributed by atoms with Crippen molar-refractivity contribution in [2.75, 3.05) is 12.4 Å². The second-order valence-electron chi connectivity index (χ2n) is 3.97. The normalized spacial score (nSPS) is 10.8. The predicted octanol–water partition coefficient (Wildman–Crippen LogP) is 2.06. The number of furan rings is 1. The molecule has 0 saturated heterocycles. The van der Waals surface area contributed by atoms with Gasteiger partial charge >= 0.3 is 5.97 Å². The first-order valence-electron chi connectivity index (χ1n) is 5.90. The third-order valence-electron chi connectivity index (χ3n) is 2.41. The first-order chi connectivity index (χ1) is 10.1.